The number of amides is 1. The number of likely N-dealkylation sites (tertiary alicyclic amines) is 1. The normalized spacial score (nSPS) is 20.6. The van der Waals surface area contributed by atoms with Crippen molar-refractivity contribution in [1.82, 2.24) is 4.90 Å². The number of aryl methyl sites for hydroxylation is 1. The van der Waals surface area contributed by atoms with Crippen molar-refractivity contribution in [3.63, 3.8) is 0 Å². The molecule has 1 heterocycles. The Balaban J connectivity index is 2.13. The van der Waals surface area contributed by atoms with Gasteiger partial charge in [-0.05, 0) is 44.7 Å². The standard InChI is InChI=1S/C18H27NO2/c1-5-14-6-8-16(9-7-14)18(3,4)17(21)19-11-10-15(12-19)13(2)20/h6-9,13,15,20H,5,10-12H2,1-4H3. The van der Waals surface area contributed by atoms with E-state index >= 15 is 0 Å². The van der Waals surface area contributed by atoms with Crippen LogP contribution in [0.25, 0.3) is 0 Å². The smallest absolute Gasteiger partial charge is 0.232 e. The third kappa shape index (κ3) is 3.29. The van der Waals surface area contributed by atoms with Crippen molar-refractivity contribution in [3.8, 4) is 0 Å². The van der Waals surface area contributed by atoms with Gasteiger partial charge in [-0.15, -0.1) is 0 Å². The van der Waals surface area contributed by atoms with Crippen molar-refractivity contribution in [2.75, 3.05) is 13.1 Å². The fourth-order valence-corrected chi connectivity index (χ4v) is 3.04. The zero-order chi connectivity index (χ0) is 15.6. The fourth-order valence-electron chi connectivity index (χ4n) is 3.04. The van der Waals surface area contributed by atoms with Crippen LogP contribution in [0.4, 0.5) is 0 Å². The Kier molecular flexibility index (Phi) is 4.72. The van der Waals surface area contributed by atoms with Crippen LogP contribution >= 0.6 is 0 Å². The number of aliphatic hydroxyl groups is 1. The molecule has 1 fully saturated rings. The van der Waals surface area contributed by atoms with Gasteiger partial charge >= 0.3 is 0 Å². The highest BCUT2D eigenvalue weighted by atomic mass is 16.3. The number of carbonyl (C=O) groups is 1. The van der Waals surface area contributed by atoms with Gasteiger partial charge in [0.05, 0.1) is 11.5 Å². The molecule has 116 valence electrons. The van der Waals surface area contributed by atoms with E-state index in [2.05, 4.69) is 31.2 Å². The van der Waals surface area contributed by atoms with Gasteiger partial charge in [-0.2, -0.15) is 0 Å². The maximum Gasteiger partial charge on any atom is 0.232 e. The van der Waals surface area contributed by atoms with E-state index in [4.69, 9.17) is 0 Å². The molecule has 0 spiro atoms. The van der Waals surface area contributed by atoms with Gasteiger partial charge in [-0.1, -0.05) is 31.2 Å². The topological polar surface area (TPSA) is 40.5 Å². The van der Waals surface area contributed by atoms with E-state index in [0.29, 0.717) is 6.54 Å². The van der Waals surface area contributed by atoms with Crippen LogP contribution in [0.3, 0.4) is 0 Å². The summed E-state index contributed by atoms with van der Waals surface area (Å²) in [6.07, 6.45) is 1.57. The van der Waals surface area contributed by atoms with Crippen molar-refractivity contribution in [2.24, 2.45) is 5.92 Å². The minimum absolute atomic E-state index is 0.162. The summed E-state index contributed by atoms with van der Waals surface area (Å²) in [6, 6.07) is 8.35. The highest BCUT2D eigenvalue weighted by Gasteiger charge is 2.37. The molecule has 0 radical (unpaired) electrons. The van der Waals surface area contributed by atoms with Gasteiger partial charge in [-0.25, -0.2) is 0 Å². The summed E-state index contributed by atoms with van der Waals surface area (Å²) in [4.78, 5) is 14.7. The Bertz CT molecular complexity index is 490. The number of carbonyl (C=O) groups excluding carboxylic acids is 1. The fraction of sp³-hybridized carbons (Fsp3) is 0.611. The maximum absolute atomic E-state index is 12.8. The summed E-state index contributed by atoms with van der Waals surface area (Å²) in [5.74, 6) is 0.377. The van der Waals surface area contributed by atoms with Crippen LogP contribution in [0.1, 0.15) is 45.2 Å². The molecule has 0 aliphatic carbocycles. The lowest BCUT2D eigenvalue weighted by atomic mass is 9.82. The molecule has 1 amide bonds. The third-order valence-corrected chi connectivity index (χ3v) is 4.81. The molecule has 1 N–H and O–H groups in total. The van der Waals surface area contributed by atoms with Gasteiger partial charge in [-0.3, -0.25) is 4.79 Å². The van der Waals surface area contributed by atoms with Crippen molar-refractivity contribution in [3.05, 3.63) is 35.4 Å². The molecule has 1 aromatic carbocycles. The average Bonchev–Trinajstić information content (AvgIpc) is 2.96. The molecule has 1 saturated heterocycles. The van der Waals surface area contributed by atoms with Crippen molar-refractivity contribution in [2.45, 2.75) is 52.1 Å². The van der Waals surface area contributed by atoms with Crippen molar-refractivity contribution in [1.29, 1.82) is 0 Å². The van der Waals surface area contributed by atoms with Crippen LogP contribution in [0.5, 0.6) is 0 Å². The third-order valence-electron chi connectivity index (χ3n) is 4.81. The molecular weight excluding hydrogens is 262 g/mol. The van der Waals surface area contributed by atoms with Crippen LogP contribution in [0.15, 0.2) is 24.3 Å². The average molecular weight is 289 g/mol. The summed E-state index contributed by atoms with van der Waals surface area (Å²) in [6.45, 7) is 9.36. The molecule has 21 heavy (non-hydrogen) atoms. The second-order valence-electron chi connectivity index (χ2n) is 6.72. The van der Waals surface area contributed by atoms with Crippen molar-refractivity contribution >= 4 is 5.91 Å². The quantitative estimate of drug-likeness (QED) is 0.926. The van der Waals surface area contributed by atoms with Crippen LogP contribution < -0.4 is 0 Å². The Hall–Kier alpha value is -1.35. The number of nitrogens with zero attached hydrogens (tertiary/aromatic N) is 1. The first kappa shape index (κ1) is 16.0. The molecule has 0 aromatic heterocycles. The lowest BCUT2D eigenvalue weighted by molar-refractivity contribution is -0.135. The predicted octanol–water partition coefficient (Wildman–Crippen LogP) is 2.76. The van der Waals surface area contributed by atoms with E-state index in [-0.39, 0.29) is 17.9 Å². The van der Waals surface area contributed by atoms with Gasteiger partial charge in [0, 0.05) is 19.0 Å². The second-order valence-corrected chi connectivity index (χ2v) is 6.72. The van der Waals surface area contributed by atoms with Crippen LogP contribution in [-0.4, -0.2) is 35.1 Å². The molecule has 2 rings (SSSR count). The largest absolute Gasteiger partial charge is 0.393 e. The highest BCUT2D eigenvalue weighted by molar-refractivity contribution is 5.87. The first-order valence-corrected chi connectivity index (χ1v) is 7.93. The molecule has 0 saturated carbocycles. The van der Waals surface area contributed by atoms with Gasteiger partial charge in [0.1, 0.15) is 0 Å². The maximum atomic E-state index is 12.8. The summed E-state index contributed by atoms with van der Waals surface area (Å²) < 4.78 is 0. The van der Waals surface area contributed by atoms with E-state index in [1.165, 1.54) is 5.56 Å². The van der Waals surface area contributed by atoms with E-state index in [0.717, 1.165) is 24.9 Å². The van der Waals surface area contributed by atoms with Crippen LogP contribution in [-0.2, 0) is 16.6 Å². The molecule has 0 bridgehead atoms. The summed E-state index contributed by atoms with van der Waals surface area (Å²) in [7, 11) is 0. The Morgan fingerprint density at radius 2 is 2.00 bits per heavy atom. The number of hydrogen-bond donors (Lipinski definition) is 1. The monoisotopic (exact) mass is 289 g/mol. The molecule has 1 aliphatic heterocycles. The van der Waals surface area contributed by atoms with Gasteiger partial charge < -0.3 is 10.0 Å². The highest BCUT2D eigenvalue weighted by Crippen LogP contribution is 2.29. The molecule has 2 unspecified atom stereocenters. The lowest BCUT2D eigenvalue weighted by Gasteiger charge is -2.30. The van der Waals surface area contributed by atoms with Crippen LogP contribution in [0, 0.1) is 5.92 Å². The van der Waals surface area contributed by atoms with Gasteiger partial charge in [0.15, 0.2) is 0 Å². The summed E-state index contributed by atoms with van der Waals surface area (Å²) in [5.41, 5.74) is 1.84. The van der Waals surface area contributed by atoms with Gasteiger partial charge in [0.2, 0.25) is 5.91 Å². The van der Waals surface area contributed by atoms with E-state index in [1.54, 1.807) is 0 Å². The minimum Gasteiger partial charge on any atom is -0.393 e. The predicted molar refractivity (Wildman–Crippen MR) is 85.2 cm³/mol. The first-order chi connectivity index (χ1) is 9.86. The number of aliphatic hydroxyl groups excluding tert-OH is 1. The molecule has 1 aromatic rings. The molecule has 1 aliphatic rings. The first-order valence-electron chi connectivity index (χ1n) is 7.93. The summed E-state index contributed by atoms with van der Waals surface area (Å²) in [5, 5.41) is 9.69. The zero-order valence-corrected chi connectivity index (χ0v) is 13.6. The van der Waals surface area contributed by atoms with Crippen LogP contribution in [0.2, 0.25) is 0 Å². The summed E-state index contributed by atoms with van der Waals surface area (Å²) >= 11 is 0. The van der Waals surface area contributed by atoms with Gasteiger partial charge in [0.25, 0.3) is 0 Å². The second kappa shape index (κ2) is 6.18. The minimum atomic E-state index is -0.514. The Morgan fingerprint density at radius 1 is 1.38 bits per heavy atom. The molecule has 3 nitrogen and oxygen atoms in total. The van der Waals surface area contributed by atoms with Crippen molar-refractivity contribution < 1.29 is 9.90 Å². The molecule has 2 atom stereocenters. The Morgan fingerprint density at radius 3 is 2.48 bits per heavy atom. The van der Waals surface area contributed by atoms with E-state index < -0.39 is 5.41 Å². The SMILES string of the molecule is CCc1ccc(C(C)(C)C(=O)N2CCC(C(C)O)C2)cc1. The van der Waals surface area contributed by atoms with E-state index in [1.807, 2.05) is 25.7 Å². The molecule has 3 heteroatoms. The number of hydrogen-bond acceptors (Lipinski definition) is 2. The number of rotatable bonds is 4. The number of benzene rings is 1. The lowest BCUT2D eigenvalue weighted by Crippen LogP contribution is -2.42. The zero-order valence-electron chi connectivity index (χ0n) is 13.6. The van der Waals surface area contributed by atoms with E-state index in [9.17, 15) is 9.90 Å². The Labute approximate surface area is 128 Å². The molecular formula is C18H27NO2.